The Balaban J connectivity index is 2.30. The lowest BCUT2D eigenvalue weighted by Gasteiger charge is -2.26. The highest BCUT2D eigenvalue weighted by atomic mass is 32.2. The number of rotatable bonds is 4. The average Bonchev–Trinajstić information content (AvgIpc) is 2.48. The molecule has 1 aromatic rings. The third-order valence-electron chi connectivity index (χ3n) is 3.75. The number of sulfonamides is 1. The number of carbonyl (C=O) groups excluding carboxylic acids is 1. The van der Waals surface area contributed by atoms with Crippen LogP contribution in [0.4, 0.5) is 4.39 Å². The van der Waals surface area contributed by atoms with E-state index in [1.165, 1.54) is 12.1 Å². The molecule has 1 saturated carbocycles. The Morgan fingerprint density at radius 1 is 1.32 bits per heavy atom. The molecule has 1 aliphatic carbocycles. The second kappa shape index (κ2) is 6.72. The van der Waals surface area contributed by atoms with Gasteiger partial charge in [0.05, 0.1) is 12.0 Å². The fourth-order valence-electron chi connectivity index (χ4n) is 2.55. The Morgan fingerprint density at radius 3 is 2.55 bits per heavy atom. The van der Waals surface area contributed by atoms with Gasteiger partial charge in [-0.2, -0.15) is 0 Å². The van der Waals surface area contributed by atoms with Crippen LogP contribution >= 0.6 is 0 Å². The molecular weight excluding hydrogens is 311 g/mol. The van der Waals surface area contributed by atoms with Crippen molar-refractivity contribution in [2.24, 2.45) is 5.73 Å². The highest BCUT2D eigenvalue weighted by molar-refractivity contribution is 7.89. The third kappa shape index (κ3) is 3.63. The molecule has 1 aromatic carbocycles. The van der Waals surface area contributed by atoms with Crippen LogP contribution in [0.25, 0.3) is 0 Å². The minimum absolute atomic E-state index is 0.0838. The van der Waals surface area contributed by atoms with Crippen LogP contribution in [0.5, 0.6) is 0 Å². The molecule has 122 valence electrons. The zero-order chi connectivity index (χ0) is 16.3. The van der Waals surface area contributed by atoms with Gasteiger partial charge in [-0.1, -0.05) is 6.07 Å². The average molecular weight is 330 g/mol. The number of nitrogens with two attached hydrogens (primary N) is 1. The molecule has 8 heteroatoms. The summed E-state index contributed by atoms with van der Waals surface area (Å²) in [5, 5.41) is 0. The maximum Gasteiger partial charge on any atom is 0.342 e. The summed E-state index contributed by atoms with van der Waals surface area (Å²) in [5.74, 6) is -1.95. The van der Waals surface area contributed by atoms with Crippen LogP contribution in [0, 0.1) is 5.82 Å². The van der Waals surface area contributed by atoms with Gasteiger partial charge in [-0.15, -0.1) is 0 Å². The van der Waals surface area contributed by atoms with Gasteiger partial charge in [-0.05, 0) is 37.8 Å². The van der Waals surface area contributed by atoms with E-state index in [0.717, 1.165) is 26.0 Å². The van der Waals surface area contributed by atoms with E-state index in [1.54, 1.807) is 0 Å². The van der Waals surface area contributed by atoms with Gasteiger partial charge in [0.2, 0.25) is 10.0 Å². The van der Waals surface area contributed by atoms with Crippen molar-refractivity contribution in [2.45, 2.75) is 42.7 Å². The van der Waals surface area contributed by atoms with Crippen molar-refractivity contribution >= 4 is 16.0 Å². The minimum Gasteiger partial charge on any atom is -0.465 e. The first kappa shape index (κ1) is 16.9. The summed E-state index contributed by atoms with van der Waals surface area (Å²) in [5.41, 5.74) is 5.21. The molecule has 3 N–H and O–H groups in total. The standard InChI is InChI=1S/C14H19FN2O4S/c1-21-14(18)13-11(15)3-2-4-12(13)22(19,20)17-10-7-5-9(16)6-8-10/h2-4,9-10,17H,5-8,16H2,1H3. The van der Waals surface area contributed by atoms with Crippen molar-refractivity contribution in [1.82, 2.24) is 4.72 Å². The Bertz CT molecular complexity index is 655. The molecule has 6 nitrogen and oxygen atoms in total. The lowest BCUT2D eigenvalue weighted by atomic mass is 9.93. The molecule has 0 atom stereocenters. The molecule has 0 bridgehead atoms. The molecule has 0 heterocycles. The molecule has 22 heavy (non-hydrogen) atoms. The van der Waals surface area contributed by atoms with Crippen LogP contribution in [0.2, 0.25) is 0 Å². The molecule has 2 rings (SSSR count). The van der Waals surface area contributed by atoms with Crippen molar-refractivity contribution in [3.05, 3.63) is 29.6 Å². The van der Waals surface area contributed by atoms with Crippen LogP contribution in [0.15, 0.2) is 23.1 Å². The summed E-state index contributed by atoms with van der Waals surface area (Å²) >= 11 is 0. The van der Waals surface area contributed by atoms with Crippen molar-refractivity contribution in [3.63, 3.8) is 0 Å². The normalized spacial score (nSPS) is 22.3. The molecule has 0 radical (unpaired) electrons. The predicted molar refractivity (Wildman–Crippen MR) is 78.3 cm³/mol. The number of hydrogen-bond acceptors (Lipinski definition) is 5. The molecule has 0 aliphatic heterocycles. The molecule has 0 aromatic heterocycles. The number of esters is 1. The Labute approximate surface area is 128 Å². The molecule has 0 unspecified atom stereocenters. The van der Waals surface area contributed by atoms with Crippen LogP contribution < -0.4 is 10.5 Å². The Morgan fingerprint density at radius 2 is 1.95 bits per heavy atom. The van der Waals surface area contributed by atoms with Gasteiger partial charge in [-0.3, -0.25) is 0 Å². The second-order valence-corrected chi connectivity index (χ2v) is 7.02. The van der Waals surface area contributed by atoms with Gasteiger partial charge < -0.3 is 10.5 Å². The predicted octanol–water partition coefficient (Wildman–Crippen LogP) is 1.16. The zero-order valence-electron chi connectivity index (χ0n) is 12.2. The fourth-order valence-corrected chi connectivity index (χ4v) is 4.06. The highest BCUT2D eigenvalue weighted by Gasteiger charge is 2.29. The van der Waals surface area contributed by atoms with Gasteiger partial charge in [0.15, 0.2) is 0 Å². The lowest BCUT2D eigenvalue weighted by molar-refractivity contribution is 0.0590. The van der Waals surface area contributed by atoms with E-state index in [4.69, 9.17) is 5.73 Å². The van der Waals surface area contributed by atoms with Crippen molar-refractivity contribution in [1.29, 1.82) is 0 Å². The van der Waals surface area contributed by atoms with E-state index in [1.807, 2.05) is 0 Å². The molecule has 1 aliphatic rings. The fraction of sp³-hybridized carbons (Fsp3) is 0.500. The number of halogens is 1. The SMILES string of the molecule is COC(=O)c1c(F)cccc1S(=O)(=O)NC1CCC(N)CC1. The van der Waals surface area contributed by atoms with Crippen LogP contribution in [-0.2, 0) is 14.8 Å². The maximum absolute atomic E-state index is 13.8. The van der Waals surface area contributed by atoms with Gasteiger partial charge >= 0.3 is 5.97 Å². The zero-order valence-corrected chi connectivity index (χ0v) is 13.0. The number of ether oxygens (including phenoxy) is 1. The first-order valence-electron chi connectivity index (χ1n) is 7.00. The minimum atomic E-state index is -4.02. The summed E-state index contributed by atoms with van der Waals surface area (Å²) < 4.78 is 45.7. The maximum atomic E-state index is 13.8. The number of hydrogen-bond donors (Lipinski definition) is 2. The number of nitrogens with one attached hydrogen (secondary N) is 1. The molecule has 0 amide bonds. The smallest absolute Gasteiger partial charge is 0.342 e. The monoisotopic (exact) mass is 330 g/mol. The third-order valence-corrected chi connectivity index (χ3v) is 5.31. The quantitative estimate of drug-likeness (QED) is 0.807. The van der Waals surface area contributed by atoms with Crippen molar-refractivity contribution < 1.29 is 22.3 Å². The number of methoxy groups -OCH3 is 1. The summed E-state index contributed by atoms with van der Waals surface area (Å²) in [6.45, 7) is 0. The van der Waals surface area contributed by atoms with Crippen LogP contribution in [-0.4, -0.2) is 33.6 Å². The van der Waals surface area contributed by atoms with Crippen LogP contribution in [0.3, 0.4) is 0 Å². The van der Waals surface area contributed by atoms with E-state index in [0.29, 0.717) is 12.8 Å². The van der Waals surface area contributed by atoms with Crippen molar-refractivity contribution in [2.75, 3.05) is 7.11 Å². The Kier molecular flexibility index (Phi) is 5.15. The molecule has 1 fully saturated rings. The summed E-state index contributed by atoms with van der Waals surface area (Å²) in [6.07, 6.45) is 2.67. The topological polar surface area (TPSA) is 98.5 Å². The van der Waals surface area contributed by atoms with Gasteiger partial charge in [0.25, 0.3) is 0 Å². The van der Waals surface area contributed by atoms with Gasteiger partial charge in [0, 0.05) is 12.1 Å². The first-order chi connectivity index (χ1) is 10.3. The summed E-state index contributed by atoms with van der Waals surface area (Å²) in [7, 11) is -2.95. The first-order valence-corrected chi connectivity index (χ1v) is 8.48. The van der Waals surface area contributed by atoms with E-state index < -0.39 is 32.3 Å². The summed E-state index contributed by atoms with van der Waals surface area (Å²) in [4.78, 5) is 11.3. The number of carbonyl (C=O) groups is 1. The van der Waals surface area contributed by atoms with Crippen molar-refractivity contribution in [3.8, 4) is 0 Å². The Hall–Kier alpha value is -1.51. The molecule has 0 saturated heterocycles. The number of benzene rings is 1. The van der Waals surface area contributed by atoms with Gasteiger partial charge in [-0.25, -0.2) is 22.3 Å². The van der Waals surface area contributed by atoms with E-state index in [9.17, 15) is 17.6 Å². The van der Waals surface area contributed by atoms with E-state index in [-0.39, 0.29) is 12.1 Å². The van der Waals surface area contributed by atoms with E-state index >= 15 is 0 Å². The molecule has 0 spiro atoms. The summed E-state index contributed by atoms with van der Waals surface area (Å²) in [6, 6.07) is 3.27. The highest BCUT2D eigenvalue weighted by Crippen LogP contribution is 2.23. The second-order valence-electron chi connectivity index (χ2n) is 5.34. The lowest BCUT2D eigenvalue weighted by Crippen LogP contribution is -2.40. The van der Waals surface area contributed by atoms with Crippen LogP contribution in [0.1, 0.15) is 36.0 Å². The molecular formula is C14H19FN2O4S. The van der Waals surface area contributed by atoms with Gasteiger partial charge in [0.1, 0.15) is 11.4 Å². The van der Waals surface area contributed by atoms with E-state index in [2.05, 4.69) is 9.46 Å². The largest absolute Gasteiger partial charge is 0.465 e.